The third-order valence-electron chi connectivity index (χ3n) is 5.37. The first-order valence-corrected chi connectivity index (χ1v) is 11.2. The molecule has 0 amide bonds. The highest BCUT2D eigenvalue weighted by Gasteiger charge is 2.23. The lowest BCUT2D eigenvalue weighted by Crippen LogP contribution is -2.24. The zero-order valence-electron chi connectivity index (χ0n) is 18.5. The number of hydrogen-bond donors (Lipinski definition) is 0. The molecule has 0 aliphatic rings. The van der Waals surface area contributed by atoms with Crippen molar-refractivity contribution in [3.63, 3.8) is 0 Å². The fourth-order valence-corrected chi connectivity index (χ4v) is 3.87. The molecule has 0 bridgehead atoms. The van der Waals surface area contributed by atoms with Crippen molar-refractivity contribution >= 4 is 38.6 Å². The minimum absolute atomic E-state index is 0.252. The molecule has 0 N–H and O–H groups in total. The van der Waals surface area contributed by atoms with Crippen LogP contribution in [0.3, 0.4) is 0 Å². The third kappa shape index (κ3) is 4.96. The van der Waals surface area contributed by atoms with Crippen LogP contribution >= 0.6 is 15.9 Å². The van der Waals surface area contributed by atoms with E-state index in [9.17, 15) is 9.59 Å². The van der Waals surface area contributed by atoms with Crippen LogP contribution in [0.15, 0.2) is 77.3 Å². The molecule has 1 heterocycles. The Morgan fingerprint density at radius 3 is 2.30 bits per heavy atom. The smallest absolute Gasteiger partial charge is 0.339 e. The lowest BCUT2D eigenvalue weighted by Gasteiger charge is -2.15. The molecule has 4 rings (SSSR count). The summed E-state index contributed by atoms with van der Waals surface area (Å²) in [6.07, 6.45) is -0.931. The van der Waals surface area contributed by atoms with E-state index in [1.807, 2.05) is 61.5 Å². The molecular formula is C27H22BrNO4. The first kappa shape index (κ1) is 22.7. The van der Waals surface area contributed by atoms with Crippen LogP contribution in [0.25, 0.3) is 22.2 Å². The highest BCUT2D eigenvalue weighted by molar-refractivity contribution is 9.10. The fourth-order valence-electron chi connectivity index (χ4n) is 3.51. The van der Waals surface area contributed by atoms with Crippen molar-refractivity contribution in [1.82, 2.24) is 4.98 Å². The lowest BCUT2D eigenvalue weighted by atomic mass is 10.0. The summed E-state index contributed by atoms with van der Waals surface area (Å²) in [4.78, 5) is 30.7. The van der Waals surface area contributed by atoms with Gasteiger partial charge in [-0.15, -0.1) is 0 Å². The van der Waals surface area contributed by atoms with Crippen LogP contribution in [-0.4, -0.2) is 30.0 Å². The number of esters is 1. The maximum atomic E-state index is 13.2. The van der Waals surface area contributed by atoms with Crippen molar-refractivity contribution < 1.29 is 19.1 Å². The second kappa shape index (κ2) is 9.55. The number of hydrogen-bond acceptors (Lipinski definition) is 5. The van der Waals surface area contributed by atoms with Gasteiger partial charge in [-0.3, -0.25) is 4.79 Å². The van der Waals surface area contributed by atoms with Crippen LogP contribution in [0.1, 0.15) is 33.2 Å². The molecule has 1 atom stereocenters. The first-order valence-electron chi connectivity index (χ1n) is 10.4. The number of rotatable bonds is 6. The molecule has 166 valence electrons. The number of fused-ring (bicyclic) bond motifs is 1. The number of carbonyl (C=O) groups is 2. The van der Waals surface area contributed by atoms with Gasteiger partial charge < -0.3 is 9.47 Å². The Morgan fingerprint density at radius 2 is 1.64 bits per heavy atom. The van der Waals surface area contributed by atoms with E-state index in [1.165, 1.54) is 0 Å². The number of halogens is 1. The Hall–Kier alpha value is -3.51. The van der Waals surface area contributed by atoms with E-state index in [2.05, 4.69) is 15.9 Å². The Labute approximate surface area is 200 Å². The molecule has 1 aromatic heterocycles. The van der Waals surface area contributed by atoms with Crippen LogP contribution in [0, 0.1) is 6.92 Å². The van der Waals surface area contributed by atoms with E-state index in [1.54, 1.807) is 32.2 Å². The van der Waals surface area contributed by atoms with Crippen LogP contribution in [0.5, 0.6) is 5.75 Å². The molecule has 0 fully saturated rings. The number of carbonyl (C=O) groups excluding carboxylic acids is 2. The number of nitrogens with zero attached hydrogens (tertiary/aromatic N) is 1. The van der Waals surface area contributed by atoms with Gasteiger partial charge in [-0.25, -0.2) is 9.78 Å². The zero-order valence-corrected chi connectivity index (χ0v) is 20.0. The van der Waals surface area contributed by atoms with Crippen molar-refractivity contribution in [3.05, 3.63) is 94.0 Å². The molecule has 0 saturated carbocycles. The molecule has 0 aliphatic heterocycles. The predicted molar refractivity (Wildman–Crippen MR) is 132 cm³/mol. The van der Waals surface area contributed by atoms with Gasteiger partial charge in [0.2, 0.25) is 5.78 Å². The minimum Gasteiger partial charge on any atom is -0.497 e. The highest BCUT2D eigenvalue weighted by Crippen LogP contribution is 2.29. The molecule has 5 nitrogen and oxygen atoms in total. The number of pyridine rings is 1. The van der Waals surface area contributed by atoms with Gasteiger partial charge in [0, 0.05) is 21.0 Å². The maximum absolute atomic E-state index is 13.2. The molecule has 4 aromatic rings. The summed E-state index contributed by atoms with van der Waals surface area (Å²) in [5, 5.41) is 0.640. The quantitative estimate of drug-likeness (QED) is 0.224. The normalized spacial score (nSPS) is 11.8. The summed E-state index contributed by atoms with van der Waals surface area (Å²) in [5.74, 6) is -0.104. The van der Waals surface area contributed by atoms with Crippen molar-refractivity contribution in [2.45, 2.75) is 20.0 Å². The predicted octanol–water partition coefficient (Wildman–Crippen LogP) is 6.41. The van der Waals surface area contributed by atoms with E-state index in [-0.39, 0.29) is 5.78 Å². The number of ether oxygens (including phenoxy) is 2. The average molecular weight is 504 g/mol. The third-order valence-corrected chi connectivity index (χ3v) is 5.86. The highest BCUT2D eigenvalue weighted by atomic mass is 79.9. The summed E-state index contributed by atoms with van der Waals surface area (Å²) >= 11 is 3.46. The lowest BCUT2D eigenvalue weighted by molar-refractivity contribution is 0.0320. The molecule has 33 heavy (non-hydrogen) atoms. The van der Waals surface area contributed by atoms with Crippen LogP contribution < -0.4 is 4.74 Å². The number of benzene rings is 3. The second-order valence-corrected chi connectivity index (χ2v) is 8.64. The van der Waals surface area contributed by atoms with Gasteiger partial charge in [-0.2, -0.15) is 0 Å². The summed E-state index contributed by atoms with van der Waals surface area (Å²) in [5.41, 5.74) is 4.00. The summed E-state index contributed by atoms with van der Waals surface area (Å²) in [6, 6.07) is 21.8. The SMILES string of the molecule is COc1ccc(-c2cc(C(=O)O[C@@H](C)C(=O)c3ccc(C)cc3)c3cc(Br)ccc3n2)cc1. The number of aromatic nitrogens is 1. The molecule has 0 aliphatic carbocycles. The topological polar surface area (TPSA) is 65.5 Å². The van der Waals surface area contributed by atoms with Crippen molar-refractivity contribution in [2.24, 2.45) is 0 Å². The van der Waals surface area contributed by atoms with Crippen molar-refractivity contribution in [2.75, 3.05) is 7.11 Å². The van der Waals surface area contributed by atoms with Gasteiger partial charge in [-0.1, -0.05) is 45.8 Å². The molecule has 0 radical (unpaired) electrons. The largest absolute Gasteiger partial charge is 0.497 e. The van der Waals surface area contributed by atoms with Gasteiger partial charge in [0.15, 0.2) is 6.10 Å². The summed E-state index contributed by atoms with van der Waals surface area (Å²) in [6.45, 7) is 3.54. The molecule has 0 spiro atoms. The molecular weight excluding hydrogens is 482 g/mol. The van der Waals surface area contributed by atoms with Gasteiger partial charge in [-0.05, 0) is 62.4 Å². The Bertz CT molecular complexity index is 1330. The first-order chi connectivity index (χ1) is 15.9. The van der Waals surface area contributed by atoms with Gasteiger partial charge in [0.05, 0.1) is 23.9 Å². The second-order valence-electron chi connectivity index (χ2n) is 7.72. The van der Waals surface area contributed by atoms with E-state index < -0.39 is 12.1 Å². The molecule has 6 heteroatoms. The molecule has 0 unspecified atom stereocenters. The average Bonchev–Trinajstić information content (AvgIpc) is 2.83. The Balaban J connectivity index is 1.69. The number of aryl methyl sites for hydroxylation is 1. The Kier molecular flexibility index (Phi) is 6.56. The van der Waals surface area contributed by atoms with E-state index in [0.29, 0.717) is 27.7 Å². The van der Waals surface area contributed by atoms with Crippen molar-refractivity contribution in [1.29, 1.82) is 0 Å². The van der Waals surface area contributed by atoms with E-state index in [4.69, 9.17) is 14.5 Å². The maximum Gasteiger partial charge on any atom is 0.339 e. The standard InChI is InChI=1S/C27H22BrNO4/c1-16-4-6-19(7-5-16)26(30)17(2)33-27(31)23-15-25(18-8-11-21(32-3)12-9-18)29-24-13-10-20(28)14-22(23)24/h4-15,17H,1-3H3/t17-/m0/s1. The number of Topliss-reactive ketones (excluding diaryl/α,β-unsaturated/α-hetero) is 1. The fraction of sp³-hybridized carbons (Fsp3) is 0.148. The van der Waals surface area contributed by atoms with Crippen molar-refractivity contribution in [3.8, 4) is 17.0 Å². The zero-order chi connectivity index (χ0) is 23.5. The Morgan fingerprint density at radius 1 is 0.939 bits per heavy atom. The summed E-state index contributed by atoms with van der Waals surface area (Å²) in [7, 11) is 1.61. The molecule has 0 saturated heterocycles. The number of ketones is 1. The van der Waals surface area contributed by atoms with Gasteiger partial charge in [0.25, 0.3) is 0 Å². The monoisotopic (exact) mass is 503 g/mol. The van der Waals surface area contributed by atoms with E-state index in [0.717, 1.165) is 21.3 Å². The number of methoxy groups -OCH3 is 1. The van der Waals surface area contributed by atoms with E-state index >= 15 is 0 Å². The molecule has 3 aromatic carbocycles. The van der Waals surface area contributed by atoms with Gasteiger partial charge in [0.1, 0.15) is 5.75 Å². The minimum atomic E-state index is -0.931. The summed E-state index contributed by atoms with van der Waals surface area (Å²) < 4.78 is 11.6. The van der Waals surface area contributed by atoms with Crippen LogP contribution in [0.4, 0.5) is 0 Å². The van der Waals surface area contributed by atoms with Crippen LogP contribution in [-0.2, 0) is 4.74 Å². The van der Waals surface area contributed by atoms with Crippen LogP contribution in [0.2, 0.25) is 0 Å². The van der Waals surface area contributed by atoms with Gasteiger partial charge >= 0.3 is 5.97 Å².